The van der Waals surface area contributed by atoms with Gasteiger partial charge in [0, 0.05) is 13.2 Å². The Labute approximate surface area is 150 Å². The van der Waals surface area contributed by atoms with Crippen LogP contribution in [0.5, 0.6) is 5.75 Å². The number of hydrogen-bond donors (Lipinski definition) is 2. The van der Waals surface area contributed by atoms with Gasteiger partial charge in [-0.25, -0.2) is 9.97 Å². The van der Waals surface area contributed by atoms with Crippen LogP contribution >= 0.6 is 0 Å². The number of amides is 2. The molecule has 3 aromatic rings. The minimum absolute atomic E-state index is 0.170. The summed E-state index contributed by atoms with van der Waals surface area (Å²) in [4.78, 5) is 32.7. The lowest BCUT2D eigenvalue weighted by Crippen LogP contribution is -2.33. The van der Waals surface area contributed by atoms with Gasteiger partial charge in [0.15, 0.2) is 5.65 Å². The minimum Gasteiger partial charge on any atom is -0.495 e. The fourth-order valence-electron chi connectivity index (χ4n) is 2.52. The van der Waals surface area contributed by atoms with Crippen molar-refractivity contribution < 1.29 is 14.3 Å². The molecule has 0 atom stereocenters. The molecule has 3 rings (SSSR count). The number of carbonyl (C=O) groups excluding carboxylic acids is 2. The Kier molecular flexibility index (Phi) is 4.83. The zero-order chi connectivity index (χ0) is 18.7. The van der Waals surface area contributed by atoms with Gasteiger partial charge in [0.2, 0.25) is 5.91 Å². The van der Waals surface area contributed by atoms with Crippen molar-refractivity contribution in [3.63, 3.8) is 0 Å². The lowest BCUT2D eigenvalue weighted by Gasteiger charge is -2.11. The summed E-state index contributed by atoms with van der Waals surface area (Å²) < 4.78 is 6.98. The van der Waals surface area contributed by atoms with E-state index in [-0.39, 0.29) is 12.5 Å². The van der Waals surface area contributed by atoms with E-state index < -0.39 is 5.91 Å². The van der Waals surface area contributed by atoms with Gasteiger partial charge in [0.1, 0.15) is 11.3 Å². The number of aryl methyl sites for hydroxylation is 2. The molecular formula is C18H19N5O3. The Bertz CT molecular complexity index is 980. The quantitative estimate of drug-likeness (QED) is 0.727. The minimum atomic E-state index is -0.392. The number of anilines is 1. The molecule has 0 saturated carbocycles. The second-order valence-corrected chi connectivity index (χ2v) is 5.86. The number of imidazole rings is 1. The molecule has 2 heterocycles. The van der Waals surface area contributed by atoms with E-state index in [1.54, 1.807) is 29.1 Å². The van der Waals surface area contributed by atoms with Crippen molar-refractivity contribution in [3.05, 3.63) is 47.9 Å². The summed E-state index contributed by atoms with van der Waals surface area (Å²) in [5.74, 6) is -0.189. The van der Waals surface area contributed by atoms with E-state index in [0.717, 1.165) is 5.56 Å². The lowest BCUT2D eigenvalue weighted by molar-refractivity contribution is -0.115. The first-order valence-corrected chi connectivity index (χ1v) is 7.97. The first kappa shape index (κ1) is 17.4. The maximum Gasteiger partial charge on any atom is 0.253 e. The molecule has 134 valence electrons. The molecule has 2 N–H and O–H groups in total. The molecule has 0 spiro atoms. The highest BCUT2D eigenvalue weighted by Crippen LogP contribution is 2.24. The van der Waals surface area contributed by atoms with Crippen LogP contribution in [0.3, 0.4) is 0 Å². The molecular weight excluding hydrogens is 334 g/mol. The van der Waals surface area contributed by atoms with E-state index in [0.29, 0.717) is 28.2 Å². The van der Waals surface area contributed by atoms with E-state index in [9.17, 15) is 9.59 Å². The van der Waals surface area contributed by atoms with Gasteiger partial charge < -0.3 is 19.9 Å². The van der Waals surface area contributed by atoms with Crippen molar-refractivity contribution in [2.24, 2.45) is 7.05 Å². The Morgan fingerprint density at radius 2 is 2.04 bits per heavy atom. The standard InChI is InChI=1S/C18H19N5O3/c1-11-4-5-15(26-3)13(6-11)22-16(24)9-20-18(25)12-7-14-17(19-8-12)23(2)10-21-14/h4-8,10H,9H2,1-3H3,(H,20,25)(H,22,24). The summed E-state index contributed by atoms with van der Waals surface area (Å²) in [5, 5.41) is 5.31. The topological polar surface area (TPSA) is 98.1 Å². The predicted octanol–water partition coefficient (Wildman–Crippen LogP) is 1.65. The monoisotopic (exact) mass is 353 g/mol. The summed E-state index contributed by atoms with van der Waals surface area (Å²) in [6.45, 7) is 1.74. The number of rotatable bonds is 5. The van der Waals surface area contributed by atoms with Gasteiger partial charge in [0.05, 0.1) is 31.2 Å². The predicted molar refractivity (Wildman–Crippen MR) is 97.2 cm³/mol. The molecule has 0 bridgehead atoms. The van der Waals surface area contributed by atoms with Crippen molar-refractivity contribution in [2.45, 2.75) is 6.92 Å². The number of fused-ring (bicyclic) bond motifs is 1. The maximum atomic E-state index is 12.2. The van der Waals surface area contributed by atoms with Crippen LogP contribution in [0, 0.1) is 6.92 Å². The molecule has 2 aromatic heterocycles. The molecule has 0 saturated heterocycles. The van der Waals surface area contributed by atoms with Crippen LogP contribution in [0.4, 0.5) is 5.69 Å². The van der Waals surface area contributed by atoms with Crippen molar-refractivity contribution >= 4 is 28.7 Å². The number of methoxy groups -OCH3 is 1. The Morgan fingerprint density at radius 1 is 1.23 bits per heavy atom. The third kappa shape index (κ3) is 3.64. The van der Waals surface area contributed by atoms with Crippen molar-refractivity contribution in [1.82, 2.24) is 19.9 Å². The number of pyridine rings is 1. The van der Waals surface area contributed by atoms with Crippen molar-refractivity contribution in [1.29, 1.82) is 0 Å². The van der Waals surface area contributed by atoms with E-state index >= 15 is 0 Å². The summed E-state index contributed by atoms with van der Waals surface area (Å²) in [7, 11) is 3.36. The average molecular weight is 353 g/mol. The number of carbonyl (C=O) groups is 2. The smallest absolute Gasteiger partial charge is 0.253 e. The van der Waals surface area contributed by atoms with Gasteiger partial charge in [-0.3, -0.25) is 9.59 Å². The summed E-state index contributed by atoms with van der Waals surface area (Å²) in [5.41, 5.74) is 3.19. The Balaban J connectivity index is 1.63. The number of aromatic nitrogens is 3. The van der Waals surface area contributed by atoms with Gasteiger partial charge in [-0.1, -0.05) is 6.07 Å². The molecule has 1 aromatic carbocycles. The molecule has 0 fully saturated rings. The largest absolute Gasteiger partial charge is 0.495 e. The maximum absolute atomic E-state index is 12.2. The highest BCUT2D eigenvalue weighted by Gasteiger charge is 2.12. The zero-order valence-electron chi connectivity index (χ0n) is 14.7. The summed E-state index contributed by atoms with van der Waals surface area (Å²) in [6, 6.07) is 7.10. The molecule has 0 radical (unpaired) electrons. The Morgan fingerprint density at radius 3 is 2.81 bits per heavy atom. The normalized spacial score (nSPS) is 10.6. The van der Waals surface area contributed by atoms with Crippen LogP contribution < -0.4 is 15.4 Å². The van der Waals surface area contributed by atoms with Gasteiger partial charge in [-0.2, -0.15) is 0 Å². The van der Waals surface area contributed by atoms with Gasteiger partial charge >= 0.3 is 0 Å². The van der Waals surface area contributed by atoms with Crippen LogP contribution in [0.2, 0.25) is 0 Å². The fourth-order valence-corrected chi connectivity index (χ4v) is 2.52. The second-order valence-electron chi connectivity index (χ2n) is 5.86. The van der Waals surface area contributed by atoms with Gasteiger partial charge in [-0.05, 0) is 30.7 Å². The van der Waals surface area contributed by atoms with Crippen LogP contribution in [0.1, 0.15) is 15.9 Å². The van der Waals surface area contributed by atoms with E-state index in [1.807, 2.05) is 20.0 Å². The fraction of sp³-hybridized carbons (Fsp3) is 0.222. The molecule has 26 heavy (non-hydrogen) atoms. The third-order valence-corrected chi connectivity index (χ3v) is 3.85. The van der Waals surface area contributed by atoms with Crippen molar-refractivity contribution in [2.75, 3.05) is 19.0 Å². The first-order valence-electron chi connectivity index (χ1n) is 7.97. The summed E-state index contributed by atoms with van der Waals surface area (Å²) >= 11 is 0. The molecule has 8 nitrogen and oxygen atoms in total. The summed E-state index contributed by atoms with van der Waals surface area (Å²) in [6.07, 6.45) is 3.09. The number of ether oxygens (including phenoxy) is 1. The third-order valence-electron chi connectivity index (χ3n) is 3.85. The zero-order valence-corrected chi connectivity index (χ0v) is 14.7. The van der Waals surface area contributed by atoms with E-state index in [1.165, 1.54) is 13.3 Å². The first-order chi connectivity index (χ1) is 12.5. The van der Waals surface area contributed by atoms with Crippen molar-refractivity contribution in [3.8, 4) is 5.75 Å². The van der Waals surface area contributed by atoms with Gasteiger partial charge in [0.25, 0.3) is 5.91 Å². The van der Waals surface area contributed by atoms with Gasteiger partial charge in [-0.15, -0.1) is 0 Å². The number of nitrogens with one attached hydrogen (secondary N) is 2. The number of nitrogens with zero attached hydrogens (tertiary/aromatic N) is 3. The molecule has 8 heteroatoms. The average Bonchev–Trinajstić information content (AvgIpc) is 3.00. The van der Waals surface area contributed by atoms with E-state index in [4.69, 9.17) is 4.74 Å². The lowest BCUT2D eigenvalue weighted by atomic mass is 10.2. The second kappa shape index (κ2) is 7.22. The van der Waals surface area contributed by atoms with Crippen LogP contribution in [0.25, 0.3) is 11.2 Å². The molecule has 0 aliphatic heterocycles. The number of benzene rings is 1. The molecule has 0 aliphatic carbocycles. The molecule has 2 amide bonds. The number of hydrogen-bond acceptors (Lipinski definition) is 5. The van der Waals surface area contributed by atoms with Crippen LogP contribution in [-0.4, -0.2) is 40.0 Å². The Hall–Kier alpha value is -3.42. The SMILES string of the molecule is COc1ccc(C)cc1NC(=O)CNC(=O)c1cnc2c(c1)ncn2C. The highest BCUT2D eigenvalue weighted by atomic mass is 16.5. The van der Waals surface area contributed by atoms with Crippen LogP contribution in [0.15, 0.2) is 36.8 Å². The van der Waals surface area contributed by atoms with Crippen LogP contribution in [-0.2, 0) is 11.8 Å². The van der Waals surface area contributed by atoms with E-state index in [2.05, 4.69) is 20.6 Å². The highest BCUT2D eigenvalue weighted by molar-refractivity contribution is 6.00. The molecule has 0 aliphatic rings. The molecule has 0 unspecified atom stereocenters.